The zero-order valence-electron chi connectivity index (χ0n) is 10.2. The maximum absolute atomic E-state index is 11.5. The Morgan fingerprint density at radius 2 is 2.18 bits per heavy atom. The molecule has 0 radical (unpaired) electrons. The van der Waals surface area contributed by atoms with Crippen molar-refractivity contribution in [2.45, 2.75) is 39.5 Å². The minimum absolute atomic E-state index is 0.0117. The van der Waals surface area contributed by atoms with Crippen LogP contribution in [0.15, 0.2) is 0 Å². The Morgan fingerprint density at radius 1 is 1.41 bits per heavy atom. The van der Waals surface area contributed by atoms with Crippen molar-refractivity contribution >= 4 is 34.0 Å². The molecule has 0 saturated carbocycles. The number of unbranched alkanes of at least 4 members (excludes halogenated alkanes) is 1. The lowest BCUT2D eigenvalue weighted by Crippen LogP contribution is -2.10. The monoisotopic (exact) mass is 275 g/mol. The Morgan fingerprint density at radius 3 is 2.82 bits per heavy atom. The highest BCUT2D eigenvalue weighted by molar-refractivity contribution is 7.15. The minimum Gasteiger partial charge on any atom is -0.301 e. The second-order valence-electron chi connectivity index (χ2n) is 4.29. The molecule has 0 spiro atoms. The van der Waals surface area contributed by atoms with Crippen LogP contribution in [0.1, 0.15) is 38.1 Å². The van der Waals surface area contributed by atoms with Gasteiger partial charge in [0.1, 0.15) is 5.01 Å². The van der Waals surface area contributed by atoms with E-state index in [0.29, 0.717) is 23.4 Å². The Hall–Kier alpha value is -0.680. The van der Waals surface area contributed by atoms with E-state index in [9.17, 15) is 4.79 Å². The van der Waals surface area contributed by atoms with Gasteiger partial charge in [-0.05, 0) is 18.8 Å². The number of carbonyl (C=O) groups is 1. The van der Waals surface area contributed by atoms with Gasteiger partial charge in [0.25, 0.3) is 0 Å². The normalized spacial score (nSPS) is 10.8. The van der Waals surface area contributed by atoms with Crippen molar-refractivity contribution < 1.29 is 4.79 Å². The number of anilines is 1. The lowest BCUT2D eigenvalue weighted by Gasteiger charge is -1.99. The number of alkyl halides is 1. The summed E-state index contributed by atoms with van der Waals surface area (Å²) in [5, 5.41) is 12.3. The average molecular weight is 276 g/mol. The molecule has 17 heavy (non-hydrogen) atoms. The van der Waals surface area contributed by atoms with Crippen molar-refractivity contribution in [2.75, 3.05) is 11.2 Å². The predicted molar refractivity (Wildman–Crippen MR) is 71.7 cm³/mol. The molecule has 1 rings (SSSR count). The lowest BCUT2D eigenvalue weighted by atomic mass is 10.1. The van der Waals surface area contributed by atoms with Gasteiger partial charge in [-0.3, -0.25) is 4.79 Å². The summed E-state index contributed by atoms with van der Waals surface area (Å²) < 4.78 is 0. The van der Waals surface area contributed by atoms with E-state index in [1.165, 1.54) is 11.3 Å². The van der Waals surface area contributed by atoms with Gasteiger partial charge in [0.05, 0.1) is 0 Å². The third-order valence-corrected chi connectivity index (χ3v) is 3.21. The first-order valence-corrected chi connectivity index (χ1v) is 7.15. The van der Waals surface area contributed by atoms with Crippen molar-refractivity contribution in [1.82, 2.24) is 10.2 Å². The summed E-state index contributed by atoms with van der Waals surface area (Å²) in [6.45, 7) is 4.26. The number of hydrogen-bond acceptors (Lipinski definition) is 4. The van der Waals surface area contributed by atoms with Crippen LogP contribution in [0.25, 0.3) is 0 Å². The molecule has 0 aromatic carbocycles. The van der Waals surface area contributed by atoms with E-state index in [1.807, 2.05) is 0 Å². The van der Waals surface area contributed by atoms with Crippen LogP contribution in [0, 0.1) is 5.92 Å². The quantitative estimate of drug-likeness (QED) is 0.615. The van der Waals surface area contributed by atoms with Crippen molar-refractivity contribution in [3.05, 3.63) is 5.01 Å². The van der Waals surface area contributed by atoms with E-state index in [0.717, 1.165) is 24.3 Å². The van der Waals surface area contributed by atoms with Gasteiger partial charge in [0, 0.05) is 18.7 Å². The smallest absolute Gasteiger partial charge is 0.226 e. The molecule has 1 aromatic rings. The second-order valence-corrected chi connectivity index (χ2v) is 5.73. The Kier molecular flexibility index (Phi) is 6.44. The van der Waals surface area contributed by atoms with E-state index in [1.54, 1.807) is 0 Å². The molecule has 0 saturated heterocycles. The molecule has 0 aliphatic carbocycles. The molecular formula is C11H18ClN3OS. The molecule has 1 heterocycles. The molecular weight excluding hydrogens is 258 g/mol. The van der Waals surface area contributed by atoms with Crippen LogP contribution in [0.3, 0.4) is 0 Å². The highest BCUT2D eigenvalue weighted by atomic mass is 35.5. The van der Waals surface area contributed by atoms with Gasteiger partial charge in [-0.15, -0.1) is 21.8 Å². The fourth-order valence-electron chi connectivity index (χ4n) is 1.30. The third-order valence-electron chi connectivity index (χ3n) is 2.08. The summed E-state index contributed by atoms with van der Waals surface area (Å²) in [4.78, 5) is 11.5. The van der Waals surface area contributed by atoms with Crippen molar-refractivity contribution in [3.63, 3.8) is 0 Å². The number of hydrogen-bond donors (Lipinski definition) is 1. The van der Waals surface area contributed by atoms with Gasteiger partial charge in [-0.2, -0.15) is 0 Å². The maximum Gasteiger partial charge on any atom is 0.226 e. The summed E-state index contributed by atoms with van der Waals surface area (Å²) in [5.41, 5.74) is 0. The molecule has 0 unspecified atom stereocenters. The highest BCUT2D eigenvalue weighted by Crippen LogP contribution is 2.18. The summed E-state index contributed by atoms with van der Waals surface area (Å²) in [7, 11) is 0. The Balaban J connectivity index is 2.35. The number of halogens is 1. The van der Waals surface area contributed by atoms with Gasteiger partial charge in [-0.1, -0.05) is 25.2 Å². The molecule has 6 heteroatoms. The Bertz CT molecular complexity index is 354. The summed E-state index contributed by atoms with van der Waals surface area (Å²) in [6, 6.07) is 0. The van der Waals surface area contributed by atoms with Crippen molar-refractivity contribution in [2.24, 2.45) is 5.92 Å². The van der Waals surface area contributed by atoms with Crippen LogP contribution in [-0.2, 0) is 11.2 Å². The fraction of sp³-hybridized carbons (Fsp3) is 0.727. The fourth-order valence-corrected chi connectivity index (χ4v) is 2.45. The molecule has 0 fully saturated rings. The zero-order chi connectivity index (χ0) is 12.7. The number of aromatic nitrogens is 2. The molecule has 1 aromatic heterocycles. The SMILES string of the molecule is CC(C)Cc1nnc(NC(=O)CCCCCl)s1. The molecule has 0 bridgehead atoms. The second kappa shape index (κ2) is 7.61. The maximum atomic E-state index is 11.5. The van der Waals surface area contributed by atoms with Gasteiger partial charge >= 0.3 is 0 Å². The third kappa shape index (κ3) is 5.98. The number of carbonyl (C=O) groups excluding carboxylic acids is 1. The predicted octanol–water partition coefficient (Wildman–Crippen LogP) is 3.08. The topological polar surface area (TPSA) is 54.9 Å². The first-order valence-electron chi connectivity index (χ1n) is 5.80. The van der Waals surface area contributed by atoms with E-state index in [-0.39, 0.29) is 5.91 Å². The molecule has 1 N–H and O–H groups in total. The van der Waals surface area contributed by atoms with Gasteiger partial charge in [0.2, 0.25) is 11.0 Å². The Labute approximate surface area is 111 Å². The number of nitrogens with zero attached hydrogens (tertiary/aromatic N) is 2. The first-order chi connectivity index (χ1) is 8.11. The lowest BCUT2D eigenvalue weighted by molar-refractivity contribution is -0.116. The average Bonchev–Trinajstić information content (AvgIpc) is 2.64. The van der Waals surface area contributed by atoms with Crippen LogP contribution in [-0.4, -0.2) is 22.0 Å². The molecule has 0 aliphatic rings. The van der Waals surface area contributed by atoms with E-state index in [2.05, 4.69) is 29.4 Å². The number of amides is 1. The molecule has 96 valence electrons. The molecule has 4 nitrogen and oxygen atoms in total. The highest BCUT2D eigenvalue weighted by Gasteiger charge is 2.08. The standard InChI is InChI=1S/C11H18ClN3OS/c1-8(2)7-10-14-15-11(17-10)13-9(16)5-3-4-6-12/h8H,3-7H2,1-2H3,(H,13,15,16). The van der Waals surface area contributed by atoms with Crippen LogP contribution >= 0.6 is 22.9 Å². The minimum atomic E-state index is -0.0117. The van der Waals surface area contributed by atoms with Crippen molar-refractivity contribution in [1.29, 1.82) is 0 Å². The van der Waals surface area contributed by atoms with Crippen LogP contribution in [0.5, 0.6) is 0 Å². The number of rotatable bonds is 7. The summed E-state index contributed by atoms with van der Waals surface area (Å²) >= 11 is 6.99. The van der Waals surface area contributed by atoms with Gasteiger partial charge in [0.15, 0.2) is 0 Å². The van der Waals surface area contributed by atoms with E-state index in [4.69, 9.17) is 11.6 Å². The number of nitrogens with one attached hydrogen (secondary N) is 1. The van der Waals surface area contributed by atoms with Crippen LogP contribution < -0.4 is 5.32 Å². The zero-order valence-corrected chi connectivity index (χ0v) is 11.8. The van der Waals surface area contributed by atoms with Gasteiger partial charge in [-0.25, -0.2) is 0 Å². The molecule has 1 amide bonds. The van der Waals surface area contributed by atoms with Crippen LogP contribution in [0.4, 0.5) is 5.13 Å². The largest absolute Gasteiger partial charge is 0.301 e. The summed E-state index contributed by atoms with van der Waals surface area (Å²) in [6.07, 6.45) is 3.07. The van der Waals surface area contributed by atoms with Crippen molar-refractivity contribution in [3.8, 4) is 0 Å². The molecule has 0 atom stereocenters. The van der Waals surface area contributed by atoms with Crippen LogP contribution in [0.2, 0.25) is 0 Å². The van der Waals surface area contributed by atoms with E-state index < -0.39 is 0 Å². The molecule has 0 aliphatic heterocycles. The summed E-state index contributed by atoms with van der Waals surface area (Å²) in [5.74, 6) is 1.14. The van der Waals surface area contributed by atoms with E-state index >= 15 is 0 Å². The van der Waals surface area contributed by atoms with Gasteiger partial charge < -0.3 is 5.32 Å². The first kappa shape index (κ1) is 14.4.